The zero-order valence-electron chi connectivity index (χ0n) is 12.4. The van der Waals surface area contributed by atoms with Gasteiger partial charge in [0, 0.05) is 23.2 Å². The number of halogens is 1. The van der Waals surface area contributed by atoms with Crippen molar-refractivity contribution in [3.8, 4) is 11.4 Å². The Morgan fingerprint density at radius 3 is 2.91 bits per heavy atom. The summed E-state index contributed by atoms with van der Waals surface area (Å²) in [5.74, 6) is 1.23. The first kappa shape index (κ1) is 15.5. The van der Waals surface area contributed by atoms with E-state index in [1.807, 2.05) is 24.3 Å². The molecule has 1 aromatic carbocycles. The average Bonchev–Trinajstić information content (AvgIpc) is 3.16. The molecule has 0 aliphatic carbocycles. The van der Waals surface area contributed by atoms with Gasteiger partial charge in [-0.05, 0) is 56.5 Å². The van der Waals surface area contributed by atoms with Crippen LogP contribution in [0.25, 0.3) is 11.4 Å². The van der Waals surface area contributed by atoms with E-state index in [1.54, 1.807) is 0 Å². The van der Waals surface area contributed by atoms with Gasteiger partial charge in [0.05, 0.1) is 6.54 Å². The Kier molecular flexibility index (Phi) is 5.08. The Bertz CT molecular complexity index is 600. The first-order chi connectivity index (χ1) is 10.8. The summed E-state index contributed by atoms with van der Waals surface area (Å²) in [6.07, 6.45) is 4.24. The van der Waals surface area contributed by atoms with E-state index >= 15 is 0 Å². The lowest BCUT2D eigenvalue weighted by atomic mass is 10.1. The molecule has 2 aromatic rings. The third-order valence-electron chi connectivity index (χ3n) is 4.10. The highest BCUT2D eigenvalue weighted by Gasteiger charge is 2.25. The minimum absolute atomic E-state index is 0.256. The van der Waals surface area contributed by atoms with Gasteiger partial charge in [0.1, 0.15) is 0 Å². The lowest BCUT2D eigenvalue weighted by Crippen LogP contribution is -2.29. The number of benzene rings is 1. The summed E-state index contributed by atoms with van der Waals surface area (Å²) < 4.78 is 5.38. The van der Waals surface area contributed by atoms with Crippen molar-refractivity contribution in [1.82, 2.24) is 15.0 Å². The second-order valence-corrected chi connectivity index (χ2v) is 6.09. The molecule has 1 aliphatic heterocycles. The Morgan fingerprint density at radius 2 is 2.14 bits per heavy atom. The van der Waals surface area contributed by atoms with E-state index in [2.05, 4.69) is 15.0 Å². The molecular formula is C16H20ClN3O2. The molecular weight excluding hydrogens is 302 g/mol. The molecule has 1 atom stereocenters. The number of rotatable bonds is 6. The summed E-state index contributed by atoms with van der Waals surface area (Å²) in [6, 6.07) is 7.92. The van der Waals surface area contributed by atoms with Gasteiger partial charge in [-0.3, -0.25) is 4.90 Å². The van der Waals surface area contributed by atoms with Crippen LogP contribution in [0.5, 0.6) is 0 Å². The standard InChI is InChI=1S/C16H20ClN3O2/c17-13-7-5-12(6-8-13)16-18-15(22-19-16)11-20-9-1-3-14(20)4-2-10-21/h5-8,14,21H,1-4,9-11H2. The molecule has 118 valence electrons. The summed E-state index contributed by atoms with van der Waals surface area (Å²) in [4.78, 5) is 6.85. The van der Waals surface area contributed by atoms with Gasteiger partial charge in [0.2, 0.25) is 11.7 Å². The van der Waals surface area contributed by atoms with Gasteiger partial charge >= 0.3 is 0 Å². The van der Waals surface area contributed by atoms with Gasteiger partial charge in [-0.2, -0.15) is 4.98 Å². The molecule has 0 amide bonds. The summed E-state index contributed by atoms with van der Waals surface area (Å²) in [6.45, 7) is 1.98. The minimum Gasteiger partial charge on any atom is -0.396 e. The number of aliphatic hydroxyl groups is 1. The molecule has 1 N–H and O–H groups in total. The molecule has 0 spiro atoms. The van der Waals surface area contributed by atoms with E-state index in [4.69, 9.17) is 21.2 Å². The fourth-order valence-corrected chi connectivity index (χ4v) is 3.09. The largest absolute Gasteiger partial charge is 0.396 e. The molecule has 5 nitrogen and oxygen atoms in total. The van der Waals surface area contributed by atoms with Crippen molar-refractivity contribution < 1.29 is 9.63 Å². The van der Waals surface area contributed by atoms with E-state index in [0.717, 1.165) is 24.9 Å². The molecule has 0 saturated carbocycles. The van der Waals surface area contributed by atoms with Gasteiger partial charge in [-0.25, -0.2) is 0 Å². The monoisotopic (exact) mass is 321 g/mol. The van der Waals surface area contributed by atoms with Crippen molar-refractivity contribution in [2.24, 2.45) is 0 Å². The Hall–Kier alpha value is -1.43. The molecule has 1 saturated heterocycles. The molecule has 6 heteroatoms. The molecule has 2 heterocycles. The van der Waals surface area contributed by atoms with Crippen molar-refractivity contribution in [1.29, 1.82) is 0 Å². The quantitative estimate of drug-likeness (QED) is 0.885. The lowest BCUT2D eigenvalue weighted by Gasteiger charge is -2.22. The van der Waals surface area contributed by atoms with Crippen LogP contribution in [0.1, 0.15) is 31.6 Å². The summed E-state index contributed by atoms with van der Waals surface area (Å²) in [7, 11) is 0. The maximum absolute atomic E-state index is 8.98. The fraction of sp³-hybridized carbons (Fsp3) is 0.500. The first-order valence-corrected chi connectivity index (χ1v) is 8.07. The molecule has 1 unspecified atom stereocenters. The van der Waals surface area contributed by atoms with Crippen LogP contribution in [0.3, 0.4) is 0 Å². The number of nitrogens with zero attached hydrogens (tertiary/aromatic N) is 3. The van der Waals surface area contributed by atoms with Crippen molar-refractivity contribution in [2.45, 2.75) is 38.3 Å². The number of likely N-dealkylation sites (tertiary alicyclic amines) is 1. The maximum Gasteiger partial charge on any atom is 0.241 e. The molecule has 3 rings (SSSR count). The van der Waals surface area contributed by atoms with E-state index in [9.17, 15) is 0 Å². The minimum atomic E-state index is 0.256. The topological polar surface area (TPSA) is 62.4 Å². The summed E-state index contributed by atoms with van der Waals surface area (Å²) >= 11 is 5.89. The van der Waals surface area contributed by atoms with Crippen LogP contribution in [-0.4, -0.2) is 39.3 Å². The fourth-order valence-electron chi connectivity index (χ4n) is 2.97. The van der Waals surface area contributed by atoms with Crippen LogP contribution in [-0.2, 0) is 6.54 Å². The predicted octanol–water partition coefficient (Wildman–Crippen LogP) is 3.13. The van der Waals surface area contributed by atoms with Crippen molar-refractivity contribution >= 4 is 11.6 Å². The third kappa shape index (κ3) is 3.66. The van der Waals surface area contributed by atoms with Crippen LogP contribution in [0.15, 0.2) is 28.8 Å². The highest BCUT2D eigenvalue weighted by Crippen LogP contribution is 2.24. The average molecular weight is 322 g/mol. The van der Waals surface area contributed by atoms with E-state index < -0.39 is 0 Å². The Balaban J connectivity index is 1.65. The lowest BCUT2D eigenvalue weighted by molar-refractivity contribution is 0.188. The van der Waals surface area contributed by atoms with E-state index in [-0.39, 0.29) is 6.61 Å². The normalized spacial score (nSPS) is 18.9. The van der Waals surface area contributed by atoms with Crippen LogP contribution in [0.4, 0.5) is 0 Å². The second kappa shape index (κ2) is 7.22. The highest BCUT2D eigenvalue weighted by atomic mass is 35.5. The van der Waals surface area contributed by atoms with Gasteiger partial charge in [-0.15, -0.1) is 0 Å². The van der Waals surface area contributed by atoms with Crippen LogP contribution >= 0.6 is 11.6 Å². The maximum atomic E-state index is 8.98. The van der Waals surface area contributed by atoms with Crippen LogP contribution in [0, 0.1) is 0 Å². The first-order valence-electron chi connectivity index (χ1n) is 7.69. The highest BCUT2D eigenvalue weighted by molar-refractivity contribution is 6.30. The second-order valence-electron chi connectivity index (χ2n) is 5.65. The van der Waals surface area contributed by atoms with Crippen molar-refractivity contribution in [3.05, 3.63) is 35.2 Å². The number of aromatic nitrogens is 2. The van der Waals surface area contributed by atoms with E-state index in [0.29, 0.717) is 29.3 Å². The van der Waals surface area contributed by atoms with Gasteiger partial charge in [0.15, 0.2) is 0 Å². The molecule has 1 aliphatic rings. The molecule has 22 heavy (non-hydrogen) atoms. The summed E-state index contributed by atoms with van der Waals surface area (Å²) in [5, 5.41) is 13.7. The van der Waals surface area contributed by atoms with E-state index in [1.165, 1.54) is 12.8 Å². The van der Waals surface area contributed by atoms with Crippen molar-refractivity contribution in [2.75, 3.05) is 13.2 Å². The molecule has 0 radical (unpaired) electrons. The zero-order valence-corrected chi connectivity index (χ0v) is 13.2. The molecule has 0 bridgehead atoms. The van der Waals surface area contributed by atoms with Gasteiger partial charge in [0.25, 0.3) is 0 Å². The predicted molar refractivity (Wildman–Crippen MR) is 84.5 cm³/mol. The number of aliphatic hydroxyl groups excluding tert-OH is 1. The van der Waals surface area contributed by atoms with Crippen molar-refractivity contribution in [3.63, 3.8) is 0 Å². The van der Waals surface area contributed by atoms with Gasteiger partial charge in [-0.1, -0.05) is 16.8 Å². The Morgan fingerprint density at radius 1 is 1.32 bits per heavy atom. The van der Waals surface area contributed by atoms with Crippen LogP contribution < -0.4 is 0 Å². The SMILES string of the molecule is OCCCC1CCCN1Cc1nc(-c2ccc(Cl)cc2)no1. The van der Waals surface area contributed by atoms with Crippen LogP contribution in [0.2, 0.25) is 5.02 Å². The molecule has 1 aromatic heterocycles. The Labute approximate surface area is 134 Å². The number of hydrogen-bond donors (Lipinski definition) is 1. The zero-order chi connectivity index (χ0) is 15.4. The summed E-state index contributed by atoms with van der Waals surface area (Å²) in [5.41, 5.74) is 0.901. The molecule has 1 fully saturated rings. The smallest absolute Gasteiger partial charge is 0.241 e. The van der Waals surface area contributed by atoms with Gasteiger partial charge < -0.3 is 9.63 Å². The third-order valence-corrected chi connectivity index (χ3v) is 4.36. The number of hydrogen-bond acceptors (Lipinski definition) is 5.